The van der Waals surface area contributed by atoms with Crippen molar-refractivity contribution in [2.24, 2.45) is 0 Å². The fraction of sp³-hybridized carbons (Fsp3) is 0.148. The molecule has 33 heavy (non-hydrogen) atoms. The van der Waals surface area contributed by atoms with Crippen molar-refractivity contribution in [3.05, 3.63) is 121 Å². The first-order valence-corrected chi connectivity index (χ1v) is 11.1. The predicted molar refractivity (Wildman–Crippen MR) is 130 cm³/mol. The van der Waals surface area contributed by atoms with Gasteiger partial charge in [-0.1, -0.05) is 42.5 Å². The van der Waals surface area contributed by atoms with Gasteiger partial charge >= 0.3 is 0 Å². The minimum atomic E-state index is 0.195. The van der Waals surface area contributed by atoms with E-state index < -0.39 is 0 Å². The van der Waals surface area contributed by atoms with Crippen LogP contribution in [0.3, 0.4) is 0 Å². The Hall–Kier alpha value is -4.03. The van der Waals surface area contributed by atoms with E-state index in [1.807, 2.05) is 40.1 Å². The molecule has 0 saturated carbocycles. The fourth-order valence-electron chi connectivity index (χ4n) is 3.92. The molecule has 6 nitrogen and oxygen atoms in total. The summed E-state index contributed by atoms with van der Waals surface area (Å²) in [5, 5.41) is 8.56. The molecule has 6 heteroatoms. The van der Waals surface area contributed by atoms with Crippen molar-refractivity contribution < 1.29 is 0 Å². The molecule has 164 valence electrons. The first kappa shape index (κ1) is 20.8. The van der Waals surface area contributed by atoms with Gasteiger partial charge in [-0.05, 0) is 42.3 Å². The van der Waals surface area contributed by atoms with Crippen molar-refractivity contribution in [3.63, 3.8) is 0 Å². The first-order chi connectivity index (χ1) is 16.3. The van der Waals surface area contributed by atoms with E-state index in [2.05, 4.69) is 83.0 Å². The lowest BCUT2D eigenvalue weighted by molar-refractivity contribution is 0.574. The normalized spacial score (nSPS) is 12.0. The molecule has 0 bridgehead atoms. The maximum Gasteiger partial charge on any atom is 0.0991 e. The van der Waals surface area contributed by atoms with E-state index in [1.165, 1.54) is 11.1 Å². The molecule has 5 rings (SSSR count). The van der Waals surface area contributed by atoms with E-state index in [-0.39, 0.29) is 6.04 Å². The van der Waals surface area contributed by atoms with Gasteiger partial charge in [0, 0.05) is 60.4 Å². The van der Waals surface area contributed by atoms with Crippen LogP contribution < -0.4 is 5.32 Å². The molecule has 1 atom stereocenters. The van der Waals surface area contributed by atoms with Gasteiger partial charge in [0.2, 0.25) is 0 Å². The lowest BCUT2D eigenvalue weighted by Gasteiger charge is -2.15. The molecule has 2 aromatic carbocycles. The summed E-state index contributed by atoms with van der Waals surface area (Å²) in [6.45, 7) is 3.63. The number of aromatic nitrogens is 5. The summed E-state index contributed by atoms with van der Waals surface area (Å²) < 4.78 is 4.02. The molecule has 0 saturated heterocycles. The molecule has 1 N–H and O–H groups in total. The fourth-order valence-corrected chi connectivity index (χ4v) is 3.92. The average Bonchev–Trinajstić information content (AvgIpc) is 3.54. The van der Waals surface area contributed by atoms with Gasteiger partial charge in [-0.15, -0.1) is 0 Å². The Bertz CT molecular complexity index is 1280. The summed E-state index contributed by atoms with van der Waals surface area (Å²) in [5.41, 5.74) is 6.71. The number of pyridine rings is 1. The number of nitrogens with zero attached hydrogens (tertiary/aromatic N) is 5. The van der Waals surface area contributed by atoms with Gasteiger partial charge in [-0.3, -0.25) is 9.67 Å². The molecular formula is C27H26N6. The van der Waals surface area contributed by atoms with Crippen LogP contribution in [-0.4, -0.2) is 24.3 Å². The van der Waals surface area contributed by atoms with Crippen molar-refractivity contribution in [2.75, 3.05) is 0 Å². The molecule has 0 radical (unpaired) electrons. The van der Waals surface area contributed by atoms with Crippen LogP contribution in [0.15, 0.2) is 104 Å². The predicted octanol–water partition coefficient (Wildman–Crippen LogP) is 5.03. The smallest absolute Gasteiger partial charge is 0.0991 e. The lowest BCUT2D eigenvalue weighted by atomic mass is 10.1. The van der Waals surface area contributed by atoms with Gasteiger partial charge in [-0.25, -0.2) is 4.98 Å². The van der Waals surface area contributed by atoms with E-state index in [9.17, 15) is 0 Å². The maximum absolute atomic E-state index is 4.89. The highest BCUT2D eigenvalue weighted by molar-refractivity contribution is 5.61. The van der Waals surface area contributed by atoms with E-state index in [4.69, 9.17) is 5.10 Å². The quantitative estimate of drug-likeness (QED) is 0.372. The number of imidazole rings is 1. The van der Waals surface area contributed by atoms with Crippen molar-refractivity contribution >= 4 is 0 Å². The van der Waals surface area contributed by atoms with Gasteiger partial charge in [-0.2, -0.15) is 5.10 Å². The molecule has 0 aliphatic rings. The van der Waals surface area contributed by atoms with Crippen molar-refractivity contribution in [1.29, 1.82) is 0 Å². The van der Waals surface area contributed by atoms with E-state index in [0.717, 1.165) is 29.1 Å². The Labute approximate surface area is 193 Å². The number of nitrogens with one attached hydrogen (secondary N) is 1. The van der Waals surface area contributed by atoms with Crippen LogP contribution in [-0.2, 0) is 13.1 Å². The van der Waals surface area contributed by atoms with Crippen molar-refractivity contribution in [1.82, 2.24) is 29.6 Å². The number of hydrogen-bond donors (Lipinski definition) is 1. The Morgan fingerprint density at radius 2 is 1.76 bits per heavy atom. The number of hydrogen-bond acceptors (Lipinski definition) is 4. The molecule has 3 heterocycles. The van der Waals surface area contributed by atoms with Crippen LogP contribution in [0.5, 0.6) is 0 Å². The lowest BCUT2D eigenvalue weighted by Crippen LogP contribution is -2.18. The highest BCUT2D eigenvalue weighted by atomic mass is 15.3. The second-order valence-electron chi connectivity index (χ2n) is 8.09. The number of benzene rings is 2. The van der Waals surface area contributed by atoms with Crippen LogP contribution in [0.2, 0.25) is 0 Å². The van der Waals surface area contributed by atoms with Gasteiger partial charge in [0.25, 0.3) is 0 Å². The van der Waals surface area contributed by atoms with Crippen molar-refractivity contribution in [3.8, 4) is 16.9 Å². The molecule has 0 aliphatic heterocycles. The summed E-state index contributed by atoms with van der Waals surface area (Å²) in [5.74, 6) is 0. The van der Waals surface area contributed by atoms with Crippen molar-refractivity contribution in [2.45, 2.75) is 26.1 Å². The summed E-state index contributed by atoms with van der Waals surface area (Å²) in [4.78, 5) is 8.41. The van der Waals surface area contributed by atoms with E-state index >= 15 is 0 Å². The zero-order valence-corrected chi connectivity index (χ0v) is 18.5. The topological polar surface area (TPSA) is 60.6 Å². The molecule has 0 fully saturated rings. The Morgan fingerprint density at radius 1 is 0.909 bits per heavy atom. The van der Waals surface area contributed by atoms with Gasteiger partial charge < -0.3 is 9.88 Å². The number of rotatable bonds is 8. The van der Waals surface area contributed by atoms with Crippen LogP contribution in [0, 0.1) is 0 Å². The van der Waals surface area contributed by atoms with Crippen LogP contribution in [0.1, 0.15) is 29.7 Å². The monoisotopic (exact) mass is 434 g/mol. The van der Waals surface area contributed by atoms with Gasteiger partial charge in [0.15, 0.2) is 0 Å². The Kier molecular flexibility index (Phi) is 6.08. The molecule has 0 aliphatic carbocycles. The third kappa shape index (κ3) is 4.91. The van der Waals surface area contributed by atoms with E-state index in [1.54, 1.807) is 12.4 Å². The van der Waals surface area contributed by atoms with E-state index in [0.29, 0.717) is 6.54 Å². The zero-order valence-electron chi connectivity index (χ0n) is 18.5. The van der Waals surface area contributed by atoms with Gasteiger partial charge in [0.05, 0.1) is 18.6 Å². The Balaban J connectivity index is 1.33. The third-order valence-electron chi connectivity index (χ3n) is 5.75. The third-order valence-corrected chi connectivity index (χ3v) is 5.75. The molecule has 0 unspecified atom stereocenters. The molecule has 0 amide bonds. The minimum Gasteiger partial charge on any atom is -0.306 e. The maximum atomic E-state index is 4.89. The second-order valence-corrected chi connectivity index (χ2v) is 8.09. The average molecular weight is 435 g/mol. The Morgan fingerprint density at radius 3 is 2.48 bits per heavy atom. The summed E-state index contributed by atoms with van der Waals surface area (Å²) in [6.07, 6.45) is 11.3. The largest absolute Gasteiger partial charge is 0.306 e. The second kappa shape index (κ2) is 9.63. The zero-order chi connectivity index (χ0) is 22.5. The standard InChI is InChI=1S/C27H26N6/c1-21(23-9-11-26(12-10-23)32-15-14-29-20-32)30-17-25-19-33(18-22-6-3-2-4-7-22)31-27(25)24-8-5-13-28-16-24/h2-16,19-21,30H,17-18H2,1H3/t21-/m1/s1. The van der Waals surface area contributed by atoms with Crippen LogP contribution in [0.4, 0.5) is 0 Å². The summed E-state index contributed by atoms with van der Waals surface area (Å²) in [7, 11) is 0. The molecule has 5 aromatic rings. The first-order valence-electron chi connectivity index (χ1n) is 11.1. The molecule has 3 aromatic heterocycles. The summed E-state index contributed by atoms with van der Waals surface area (Å²) in [6, 6.07) is 23.2. The highest BCUT2D eigenvalue weighted by Gasteiger charge is 2.14. The van der Waals surface area contributed by atoms with Crippen LogP contribution in [0.25, 0.3) is 16.9 Å². The molecular weight excluding hydrogens is 408 g/mol. The SMILES string of the molecule is C[C@@H](NCc1cn(Cc2ccccc2)nc1-c1cccnc1)c1ccc(-n2ccnc2)cc1. The minimum absolute atomic E-state index is 0.195. The molecule has 0 spiro atoms. The highest BCUT2D eigenvalue weighted by Crippen LogP contribution is 2.23. The summed E-state index contributed by atoms with van der Waals surface area (Å²) >= 11 is 0. The van der Waals surface area contributed by atoms with Gasteiger partial charge in [0.1, 0.15) is 0 Å². The van der Waals surface area contributed by atoms with Crippen LogP contribution >= 0.6 is 0 Å².